The predicted octanol–water partition coefficient (Wildman–Crippen LogP) is 3.45. The Kier molecular flexibility index (Phi) is 8.15. The fraction of sp³-hybridized carbons (Fsp3) is 0.351. The highest BCUT2D eigenvalue weighted by molar-refractivity contribution is 6.06. The third-order valence-corrected chi connectivity index (χ3v) is 9.74. The van der Waals surface area contributed by atoms with Crippen molar-refractivity contribution in [3.05, 3.63) is 103 Å². The van der Waals surface area contributed by atoms with Gasteiger partial charge in [-0.3, -0.25) is 19.2 Å². The van der Waals surface area contributed by atoms with Crippen LogP contribution in [-0.4, -0.2) is 77.2 Å². The molecule has 4 aliphatic rings. The molecule has 10 nitrogen and oxygen atoms in total. The molecule has 3 amide bonds. The van der Waals surface area contributed by atoms with E-state index >= 15 is 0 Å². The number of β-amino-alcohol motifs (C(OH)–C–C–N with tert-alkyl or cyclic N) is 1. The van der Waals surface area contributed by atoms with E-state index in [0.717, 1.165) is 10.8 Å². The highest BCUT2D eigenvalue weighted by Crippen LogP contribution is 2.56. The lowest BCUT2D eigenvalue weighted by atomic mass is 9.74. The number of carbonyl (C=O) groups is 4. The van der Waals surface area contributed by atoms with Gasteiger partial charge in [0.05, 0.1) is 24.7 Å². The van der Waals surface area contributed by atoms with Crippen LogP contribution in [0, 0.1) is 11.8 Å². The van der Waals surface area contributed by atoms with E-state index < -0.39 is 59.5 Å². The molecule has 0 saturated carbocycles. The summed E-state index contributed by atoms with van der Waals surface area (Å²) in [4.78, 5) is 59.1. The van der Waals surface area contributed by atoms with E-state index in [1.165, 1.54) is 4.90 Å². The number of aliphatic hydroxyl groups excluding tert-OH is 1. The zero-order chi connectivity index (χ0) is 32.7. The van der Waals surface area contributed by atoms with Gasteiger partial charge in [-0.1, -0.05) is 85.0 Å². The number of hydrogen-bond donors (Lipinski definition) is 2. The second-order valence-electron chi connectivity index (χ2n) is 12.6. The lowest BCUT2D eigenvalue weighted by Gasteiger charge is -2.35. The fourth-order valence-corrected chi connectivity index (χ4v) is 7.60. The van der Waals surface area contributed by atoms with E-state index in [9.17, 15) is 24.3 Å². The Hall–Kier alpha value is -4.80. The van der Waals surface area contributed by atoms with E-state index in [4.69, 9.17) is 9.47 Å². The van der Waals surface area contributed by atoms with Crippen LogP contribution in [0.2, 0.25) is 0 Å². The molecule has 0 aliphatic carbocycles. The SMILES string of the molecule is C[C@@H]1NC(=O)CC/C=C\CN(c2ccc3ccccc3c2)C(=O)[C@H]2N(CCO)C(=O)[C@@H]3[C@@H](C(=O)O[C@H]1c1ccccc1)[C@H]1C=C[C@]32O1. The number of ether oxygens (including phenoxy) is 2. The maximum atomic E-state index is 14.8. The number of benzene rings is 3. The number of anilines is 1. The second kappa shape index (κ2) is 12.4. The van der Waals surface area contributed by atoms with Crippen LogP contribution in [0.4, 0.5) is 5.69 Å². The molecule has 2 saturated heterocycles. The fourth-order valence-electron chi connectivity index (χ4n) is 7.60. The number of hydrogen-bond acceptors (Lipinski definition) is 7. The van der Waals surface area contributed by atoms with E-state index in [1.807, 2.05) is 84.9 Å². The Bertz CT molecular complexity index is 1770. The summed E-state index contributed by atoms with van der Waals surface area (Å²) in [6, 6.07) is 21.0. The van der Waals surface area contributed by atoms with E-state index in [1.54, 1.807) is 24.0 Å². The first-order valence-corrected chi connectivity index (χ1v) is 16.1. The molecule has 3 aromatic rings. The van der Waals surface area contributed by atoms with Crippen molar-refractivity contribution in [3.63, 3.8) is 0 Å². The molecule has 47 heavy (non-hydrogen) atoms. The molecule has 242 valence electrons. The minimum absolute atomic E-state index is 0.103. The van der Waals surface area contributed by atoms with Crippen molar-refractivity contribution in [1.29, 1.82) is 0 Å². The van der Waals surface area contributed by atoms with Crippen molar-refractivity contribution in [3.8, 4) is 0 Å². The second-order valence-corrected chi connectivity index (χ2v) is 12.6. The number of esters is 1. The smallest absolute Gasteiger partial charge is 0.313 e. The van der Waals surface area contributed by atoms with Crippen molar-refractivity contribution < 1.29 is 33.8 Å². The van der Waals surface area contributed by atoms with Gasteiger partial charge in [-0.05, 0) is 41.8 Å². The van der Waals surface area contributed by atoms with Crippen LogP contribution in [0.15, 0.2) is 97.1 Å². The monoisotopic (exact) mass is 635 g/mol. The zero-order valence-corrected chi connectivity index (χ0v) is 26.0. The average Bonchev–Trinajstić information content (AvgIpc) is 3.72. The minimum atomic E-state index is -1.42. The number of carbonyl (C=O) groups excluding carboxylic acids is 4. The number of nitrogens with one attached hydrogen (secondary N) is 1. The summed E-state index contributed by atoms with van der Waals surface area (Å²) in [7, 11) is 0. The van der Waals surface area contributed by atoms with Crippen LogP contribution in [0.25, 0.3) is 10.8 Å². The molecular formula is C37H37N3O7. The molecule has 10 heteroatoms. The van der Waals surface area contributed by atoms with E-state index in [0.29, 0.717) is 17.7 Å². The van der Waals surface area contributed by atoms with Gasteiger partial charge < -0.3 is 29.7 Å². The first-order valence-electron chi connectivity index (χ1n) is 16.1. The molecule has 1 spiro atoms. The van der Waals surface area contributed by atoms with Crippen molar-refractivity contribution in [2.24, 2.45) is 11.8 Å². The quantitative estimate of drug-likeness (QED) is 0.332. The summed E-state index contributed by atoms with van der Waals surface area (Å²) in [6.07, 6.45) is 6.19. The van der Waals surface area contributed by atoms with Gasteiger partial charge in [0.15, 0.2) is 0 Å². The Morgan fingerprint density at radius 2 is 1.70 bits per heavy atom. The molecule has 0 radical (unpaired) electrons. The van der Waals surface area contributed by atoms with Gasteiger partial charge in [-0.15, -0.1) is 0 Å². The van der Waals surface area contributed by atoms with Crippen LogP contribution < -0.4 is 10.2 Å². The van der Waals surface area contributed by atoms with Gasteiger partial charge >= 0.3 is 5.97 Å². The molecule has 0 aromatic heterocycles. The van der Waals surface area contributed by atoms with Crippen LogP contribution in [0.1, 0.15) is 31.4 Å². The molecule has 7 rings (SSSR count). The van der Waals surface area contributed by atoms with Crippen LogP contribution in [-0.2, 0) is 28.7 Å². The van der Waals surface area contributed by atoms with Crippen molar-refractivity contribution in [1.82, 2.24) is 10.2 Å². The number of fused-ring (bicyclic) bond motifs is 3. The highest BCUT2D eigenvalue weighted by atomic mass is 16.6. The Morgan fingerprint density at radius 1 is 0.936 bits per heavy atom. The van der Waals surface area contributed by atoms with Gasteiger partial charge in [0.2, 0.25) is 11.8 Å². The summed E-state index contributed by atoms with van der Waals surface area (Å²) < 4.78 is 12.6. The van der Waals surface area contributed by atoms with Crippen LogP contribution in [0.5, 0.6) is 0 Å². The normalized spacial score (nSPS) is 31.6. The average molecular weight is 636 g/mol. The number of nitrogens with zero attached hydrogens (tertiary/aromatic N) is 2. The predicted molar refractivity (Wildman–Crippen MR) is 174 cm³/mol. The van der Waals surface area contributed by atoms with E-state index in [-0.39, 0.29) is 32.0 Å². The van der Waals surface area contributed by atoms with Crippen molar-refractivity contribution in [2.45, 2.75) is 49.7 Å². The van der Waals surface area contributed by atoms with Crippen LogP contribution >= 0.6 is 0 Å². The molecule has 4 aliphatic heterocycles. The Labute approximate surface area is 272 Å². The summed E-state index contributed by atoms with van der Waals surface area (Å²) in [5, 5.41) is 15.0. The summed E-state index contributed by atoms with van der Waals surface area (Å²) in [5.74, 6) is -3.75. The third kappa shape index (κ3) is 5.31. The molecule has 0 unspecified atom stereocenters. The van der Waals surface area contributed by atoms with Crippen LogP contribution in [0.3, 0.4) is 0 Å². The molecule has 5 bridgehead atoms. The Balaban J connectivity index is 1.32. The largest absolute Gasteiger partial charge is 0.455 e. The zero-order valence-electron chi connectivity index (χ0n) is 26.0. The third-order valence-electron chi connectivity index (χ3n) is 9.74. The first kappa shape index (κ1) is 30.8. The number of amides is 3. The highest BCUT2D eigenvalue weighted by Gasteiger charge is 2.73. The van der Waals surface area contributed by atoms with Gasteiger partial charge in [-0.25, -0.2) is 0 Å². The standard InChI is InChI=1S/C37H37N3O7/c1-23-32(25-11-4-2-5-12-25)46-36(45)30-28-17-18-37(47-28)31(30)34(43)40(20-21-41)33(37)35(44)39(19-9-3-6-14-29(42)38-23)27-16-15-24-10-7-8-13-26(24)22-27/h2-5,7-13,15-18,22-23,28,30-33,41H,6,14,19-21H2,1H3,(H,38,42)/b9-3-/t23-,28+,30-,31-,32+,33+,37-/m0/s1. The minimum Gasteiger partial charge on any atom is -0.455 e. The Morgan fingerprint density at radius 3 is 2.49 bits per heavy atom. The number of rotatable bonds is 4. The number of likely N-dealkylation sites (tertiary alicyclic amines) is 1. The van der Waals surface area contributed by atoms with Crippen molar-refractivity contribution >= 4 is 40.2 Å². The van der Waals surface area contributed by atoms with Crippen molar-refractivity contribution in [2.75, 3.05) is 24.6 Å². The first-order chi connectivity index (χ1) is 22.8. The maximum absolute atomic E-state index is 14.8. The molecular weight excluding hydrogens is 598 g/mol. The molecule has 2 fully saturated rings. The lowest BCUT2D eigenvalue weighted by Crippen LogP contribution is -2.56. The lowest BCUT2D eigenvalue weighted by molar-refractivity contribution is -0.161. The number of aliphatic hydroxyl groups is 1. The van der Waals surface area contributed by atoms with E-state index in [2.05, 4.69) is 5.32 Å². The molecule has 3 aromatic carbocycles. The maximum Gasteiger partial charge on any atom is 0.313 e. The molecule has 4 heterocycles. The van der Waals surface area contributed by atoms with Gasteiger partial charge in [0, 0.05) is 25.2 Å². The summed E-state index contributed by atoms with van der Waals surface area (Å²) in [5.41, 5.74) is -0.108. The van der Waals surface area contributed by atoms with Gasteiger partial charge in [0.1, 0.15) is 23.7 Å². The summed E-state index contributed by atoms with van der Waals surface area (Å²) >= 11 is 0. The number of allylic oxidation sites excluding steroid dienone is 1. The van der Waals surface area contributed by atoms with Gasteiger partial charge in [-0.2, -0.15) is 0 Å². The van der Waals surface area contributed by atoms with Gasteiger partial charge in [0.25, 0.3) is 5.91 Å². The molecule has 7 atom stereocenters. The topological polar surface area (TPSA) is 125 Å². The molecule has 2 N–H and O–H groups in total. The number of cyclic esters (lactones) is 1. The summed E-state index contributed by atoms with van der Waals surface area (Å²) in [6.45, 7) is 1.48.